The maximum Gasteiger partial charge on any atom is 0.412 e. The third-order valence-corrected chi connectivity index (χ3v) is 6.58. The summed E-state index contributed by atoms with van der Waals surface area (Å²) in [6.45, 7) is 0.0715. The van der Waals surface area contributed by atoms with Gasteiger partial charge < -0.3 is 30.4 Å². The number of carbonyl (C=O) groups excluding carboxylic acids is 2. The number of hydrogen-bond donors (Lipinski definition) is 4. The van der Waals surface area contributed by atoms with Crippen molar-refractivity contribution in [3.8, 4) is 5.75 Å². The van der Waals surface area contributed by atoms with Gasteiger partial charge in [-0.25, -0.2) is 4.79 Å². The molecule has 4 aromatic rings. The van der Waals surface area contributed by atoms with Gasteiger partial charge in [0.15, 0.2) is 6.10 Å². The highest BCUT2D eigenvalue weighted by Crippen LogP contribution is 2.30. The molecule has 4 aromatic carbocycles. The Labute approximate surface area is 244 Å². The fourth-order valence-electron chi connectivity index (χ4n) is 4.49. The number of fused-ring (bicyclic) bond motifs is 1. The van der Waals surface area contributed by atoms with Gasteiger partial charge in [-0.05, 0) is 60.2 Å². The molecule has 0 aliphatic carbocycles. The van der Waals surface area contributed by atoms with Crippen LogP contribution in [-0.4, -0.2) is 43.5 Å². The van der Waals surface area contributed by atoms with Crippen LogP contribution >= 0.6 is 0 Å². The summed E-state index contributed by atoms with van der Waals surface area (Å²) >= 11 is 0. The van der Waals surface area contributed by atoms with E-state index >= 15 is 0 Å². The van der Waals surface area contributed by atoms with Crippen LogP contribution in [0, 0.1) is 0 Å². The number of para-hydroxylation sites is 2. The number of methoxy groups -OCH3 is 1. The maximum atomic E-state index is 13.2. The number of hydrogen-bond acceptors (Lipinski definition) is 7. The lowest BCUT2D eigenvalue weighted by atomic mass is 10.00. The SMILES string of the molecule is CO[C@@H](CC/C=C/C(=O)Nc1ccccc1N)[C@@H](OC(=O)Nc1cccc2ccccc12)c1ccc(OCCO)cc1. The Kier molecular flexibility index (Phi) is 10.9. The van der Waals surface area contributed by atoms with Gasteiger partial charge in [0.1, 0.15) is 12.4 Å². The number of anilines is 3. The molecule has 218 valence electrons. The van der Waals surface area contributed by atoms with Crippen molar-refractivity contribution in [1.82, 2.24) is 0 Å². The highest BCUT2D eigenvalue weighted by molar-refractivity contribution is 6.01. The zero-order valence-electron chi connectivity index (χ0n) is 23.4. The summed E-state index contributed by atoms with van der Waals surface area (Å²) in [7, 11) is 1.55. The average Bonchev–Trinajstić information content (AvgIpc) is 3.01. The molecule has 0 radical (unpaired) electrons. The summed E-state index contributed by atoms with van der Waals surface area (Å²) in [5.74, 6) is 0.274. The third kappa shape index (κ3) is 8.33. The molecule has 0 heterocycles. The summed E-state index contributed by atoms with van der Waals surface area (Å²) in [5.41, 5.74) is 8.25. The van der Waals surface area contributed by atoms with E-state index in [4.69, 9.17) is 25.1 Å². The van der Waals surface area contributed by atoms with Crippen LogP contribution in [0.1, 0.15) is 24.5 Å². The van der Waals surface area contributed by atoms with Crippen LogP contribution in [0.2, 0.25) is 0 Å². The molecule has 0 spiro atoms. The molecule has 0 bridgehead atoms. The van der Waals surface area contributed by atoms with Crippen molar-refractivity contribution in [3.05, 3.63) is 109 Å². The van der Waals surface area contributed by atoms with Gasteiger partial charge in [0.2, 0.25) is 5.91 Å². The molecule has 0 fully saturated rings. The number of rotatable bonds is 13. The van der Waals surface area contributed by atoms with Crippen molar-refractivity contribution in [2.45, 2.75) is 25.0 Å². The van der Waals surface area contributed by atoms with Crippen LogP contribution in [0.3, 0.4) is 0 Å². The van der Waals surface area contributed by atoms with E-state index in [1.165, 1.54) is 6.08 Å². The molecule has 0 aliphatic rings. The summed E-state index contributed by atoms with van der Waals surface area (Å²) < 4.78 is 17.2. The number of aliphatic hydroxyl groups is 1. The van der Waals surface area contributed by atoms with Gasteiger partial charge in [-0.1, -0.05) is 66.7 Å². The Hall–Kier alpha value is -4.86. The number of ether oxygens (including phenoxy) is 3. The molecule has 5 N–H and O–H groups in total. The van der Waals surface area contributed by atoms with Crippen molar-refractivity contribution in [2.24, 2.45) is 0 Å². The van der Waals surface area contributed by atoms with Gasteiger partial charge in [0.25, 0.3) is 0 Å². The van der Waals surface area contributed by atoms with Crippen LogP contribution < -0.4 is 21.1 Å². The lowest BCUT2D eigenvalue weighted by Gasteiger charge is -2.26. The molecule has 0 saturated carbocycles. The summed E-state index contributed by atoms with van der Waals surface area (Å²) in [6, 6.07) is 27.5. The normalized spacial score (nSPS) is 12.5. The Morgan fingerprint density at radius 3 is 2.38 bits per heavy atom. The standard InChI is InChI=1S/C33H35N3O6/c1-40-30(15-6-7-16-31(38)35-29-13-5-4-12-27(29)34)32(24-17-19-25(20-18-24)41-22-21-37)42-33(39)36-28-14-8-10-23-9-2-3-11-26(23)28/h2-5,7-14,16-20,30,32,37H,6,15,21-22,34H2,1H3,(H,35,38)(H,36,39)/b16-7+/t30-,32-/m0/s1. The lowest BCUT2D eigenvalue weighted by molar-refractivity contribution is -0.111. The number of benzene rings is 4. The molecular weight excluding hydrogens is 534 g/mol. The van der Waals surface area contributed by atoms with Gasteiger partial charge in [0, 0.05) is 12.5 Å². The largest absolute Gasteiger partial charge is 0.491 e. The fourth-order valence-corrected chi connectivity index (χ4v) is 4.49. The smallest absolute Gasteiger partial charge is 0.412 e. The molecule has 0 unspecified atom stereocenters. The van der Waals surface area contributed by atoms with E-state index in [1.807, 2.05) is 42.5 Å². The van der Waals surface area contributed by atoms with E-state index in [9.17, 15) is 9.59 Å². The van der Waals surface area contributed by atoms with Crippen molar-refractivity contribution in [2.75, 3.05) is 36.7 Å². The number of allylic oxidation sites excluding steroid dienone is 1. The lowest BCUT2D eigenvalue weighted by Crippen LogP contribution is -2.28. The van der Waals surface area contributed by atoms with E-state index in [0.29, 0.717) is 41.2 Å². The van der Waals surface area contributed by atoms with Crippen molar-refractivity contribution in [1.29, 1.82) is 0 Å². The summed E-state index contributed by atoms with van der Waals surface area (Å²) in [4.78, 5) is 25.5. The zero-order valence-corrected chi connectivity index (χ0v) is 23.4. The fraction of sp³-hybridized carbons (Fsp3) is 0.212. The van der Waals surface area contributed by atoms with Crippen LogP contribution in [-0.2, 0) is 14.3 Å². The van der Waals surface area contributed by atoms with Gasteiger partial charge in [-0.3, -0.25) is 10.1 Å². The van der Waals surface area contributed by atoms with Crippen molar-refractivity contribution < 1.29 is 28.9 Å². The van der Waals surface area contributed by atoms with Gasteiger partial charge in [0.05, 0.1) is 29.8 Å². The topological polar surface area (TPSA) is 132 Å². The van der Waals surface area contributed by atoms with Gasteiger partial charge >= 0.3 is 6.09 Å². The van der Waals surface area contributed by atoms with Crippen LogP contribution in [0.4, 0.5) is 21.9 Å². The first kappa shape index (κ1) is 30.1. The average molecular weight is 570 g/mol. The number of nitrogen functional groups attached to an aromatic ring is 1. The predicted molar refractivity (Wildman–Crippen MR) is 164 cm³/mol. The van der Waals surface area contributed by atoms with Crippen molar-refractivity contribution >= 4 is 39.8 Å². The summed E-state index contributed by atoms with van der Waals surface area (Å²) in [5, 5.41) is 16.5. The Morgan fingerprint density at radius 1 is 0.905 bits per heavy atom. The van der Waals surface area contributed by atoms with E-state index in [1.54, 1.807) is 61.7 Å². The molecule has 9 nitrogen and oxygen atoms in total. The minimum Gasteiger partial charge on any atom is -0.491 e. The van der Waals surface area contributed by atoms with Gasteiger partial charge in [-0.15, -0.1) is 0 Å². The first-order valence-corrected chi connectivity index (χ1v) is 13.6. The molecule has 0 saturated heterocycles. The monoisotopic (exact) mass is 569 g/mol. The second-order valence-corrected chi connectivity index (χ2v) is 9.45. The second-order valence-electron chi connectivity index (χ2n) is 9.45. The number of carbonyl (C=O) groups is 2. The predicted octanol–water partition coefficient (Wildman–Crippen LogP) is 6.07. The molecule has 0 aliphatic heterocycles. The summed E-state index contributed by atoms with van der Waals surface area (Å²) in [6.07, 6.45) is 2.21. The first-order valence-electron chi connectivity index (χ1n) is 13.6. The number of nitrogens with two attached hydrogens (primary N) is 1. The number of nitrogens with one attached hydrogen (secondary N) is 2. The first-order chi connectivity index (χ1) is 20.5. The number of aliphatic hydroxyl groups excluding tert-OH is 1. The zero-order chi connectivity index (χ0) is 29.7. The van der Waals surface area contributed by atoms with E-state index in [0.717, 1.165) is 10.8 Å². The van der Waals surface area contributed by atoms with E-state index in [2.05, 4.69) is 10.6 Å². The molecule has 42 heavy (non-hydrogen) atoms. The molecule has 2 amide bonds. The second kappa shape index (κ2) is 15.2. The molecular formula is C33H35N3O6. The van der Waals surface area contributed by atoms with Crippen LogP contribution in [0.15, 0.2) is 103 Å². The van der Waals surface area contributed by atoms with Gasteiger partial charge in [-0.2, -0.15) is 0 Å². The Balaban J connectivity index is 1.46. The van der Waals surface area contributed by atoms with Crippen LogP contribution in [0.25, 0.3) is 10.8 Å². The Bertz CT molecular complexity index is 1500. The third-order valence-electron chi connectivity index (χ3n) is 6.58. The minimum absolute atomic E-state index is 0.0994. The Morgan fingerprint density at radius 2 is 1.62 bits per heavy atom. The van der Waals surface area contributed by atoms with Crippen LogP contribution in [0.5, 0.6) is 5.75 Å². The van der Waals surface area contributed by atoms with E-state index < -0.39 is 18.3 Å². The van der Waals surface area contributed by atoms with E-state index in [-0.39, 0.29) is 19.1 Å². The highest BCUT2D eigenvalue weighted by Gasteiger charge is 2.27. The molecule has 9 heteroatoms. The van der Waals surface area contributed by atoms with Crippen molar-refractivity contribution in [3.63, 3.8) is 0 Å². The minimum atomic E-state index is -0.761. The number of amides is 2. The maximum absolute atomic E-state index is 13.2. The molecule has 4 rings (SSSR count). The quantitative estimate of drug-likeness (QED) is 0.113. The molecule has 2 atom stereocenters. The highest BCUT2D eigenvalue weighted by atomic mass is 16.6. The molecule has 0 aromatic heterocycles.